The summed E-state index contributed by atoms with van der Waals surface area (Å²) in [5.74, 6) is 0.510. The number of hydrogen-bond donors (Lipinski definition) is 2. The molecule has 3 aliphatic rings. The van der Waals surface area contributed by atoms with E-state index in [-0.39, 0.29) is 18.3 Å². The summed E-state index contributed by atoms with van der Waals surface area (Å²) in [5, 5.41) is 22.1. The zero-order valence-corrected chi connectivity index (χ0v) is 20.9. The van der Waals surface area contributed by atoms with Gasteiger partial charge in [-0.05, 0) is 67.7 Å². The number of allylic oxidation sites excluding steroid dienone is 8. The van der Waals surface area contributed by atoms with Crippen LogP contribution in [-0.2, 0) is 13.0 Å². The minimum Gasteiger partial charge on any atom is -0.493 e. The van der Waals surface area contributed by atoms with Crippen molar-refractivity contribution in [2.45, 2.75) is 46.6 Å². The minimum atomic E-state index is -0.233. The van der Waals surface area contributed by atoms with Gasteiger partial charge in [-0.25, -0.2) is 9.38 Å². The van der Waals surface area contributed by atoms with E-state index < -0.39 is 0 Å². The number of ether oxygens (including phenoxy) is 1. The van der Waals surface area contributed by atoms with Crippen molar-refractivity contribution in [1.82, 2.24) is 5.32 Å². The number of aliphatic hydroxyl groups is 1. The first-order chi connectivity index (χ1) is 17.4. The molecule has 0 bridgehead atoms. The molecule has 0 amide bonds. The third-order valence-corrected chi connectivity index (χ3v) is 6.69. The number of nitriles is 1. The van der Waals surface area contributed by atoms with Crippen LogP contribution in [0.3, 0.4) is 0 Å². The quantitative estimate of drug-likeness (QED) is 0.492. The van der Waals surface area contributed by atoms with Crippen molar-refractivity contribution >= 4 is 11.9 Å². The predicted molar refractivity (Wildman–Crippen MR) is 140 cm³/mol. The molecule has 0 aliphatic carbocycles. The lowest BCUT2D eigenvalue weighted by Gasteiger charge is -2.16. The second-order valence-electron chi connectivity index (χ2n) is 9.17. The molecule has 3 aliphatic heterocycles. The van der Waals surface area contributed by atoms with Gasteiger partial charge in [0, 0.05) is 60.3 Å². The molecule has 0 spiro atoms. The first kappa shape index (κ1) is 25.3. The Morgan fingerprint density at radius 2 is 2.19 bits per heavy atom. The number of rotatable bonds is 8. The molecule has 7 heteroatoms. The Labute approximate surface area is 211 Å². The highest BCUT2D eigenvalue weighted by Crippen LogP contribution is 2.31. The van der Waals surface area contributed by atoms with Crippen LogP contribution in [0.4, 0.5) is 4.39 Å². The molecule has 36 heavy (non-hydrogen) atoms. The standard InChI is InChI=1S/C29H31FN4O2/c1-18(20(3)33-17-26-24-9-11-36-28(24)7-6-27(26)30)13-25(29-19(2)12-23(14-31)34-29)22-5-4-21(8-10-35)15-32-16-22/h5-7,12-13,15-16,19,33,35H,4,8-11,17H2,1-3H3/b20-18+,25-13-. The van der Waals surface area contributed by atoms with Crippen LogP contribution in [0.1, 0.15) is 44.7 Å². The summed E-state index contributed by atoms with van der Waals surface area (Å²) in [7, 11) is 0. The first-order valence-corrected chi connectivity index (χ1v) is 12.2. The van der Waals surface area contributed by atoms with Crippen molar-refractivity contribution in [3.63, 3.8) is 0 Å². The zero-order chi connectivity index (χ0) is 25.7. The van der Waals surface area contributed by atoms with Gasteiger partial charge in [-0.1, -0.05) is 13.0 Å². The van der Waals surface area contributed by atoms with Crippen molar-refractivity contribution in [3.05, 3.63) is 87.2 Å². The highest BCUT2D eigenvalue weighted by molar-refractivity contribution is 6.13. The van der Waals surface area contributed by atoms with E-state index in [4.69, 9.17) is 4.74 Å². The number of nitrogens with one attached hydrogen (secondary N) is 1. The zero-order valence-electron chi connectivity index (χ0n) is 20.9. The van der Waals surface area contributed by atoms with Crippen LogP contribution in [-0.4, -0.2) is 30.2 Å². The highest BCUT2D eigenvalue weighted by atomic mass is 19.1. The molecular formula is C29H31FN4O2. The molecule has 0 saturated heterocycles. The van der Waals surface area contributed by atoms with Crippen LogP contribution in [0.25, 0.3) is 0 Å². The van der Waals surface area contributed by atoms with Gasteiger partial charge in [0.25, 0.3) is 0 Å². The fourth-order valence-corrected chi connectivity index (χ4v) is 4.51. The third kappa shape index (κ3) is 5.55. The maximum absolute atomic E-state index is 14.6. The molecule has 1 atom stereocenters. The molecule has 0 aromatic heterocycles. The van der Waals surface area contributed by atoms with Crippen molar-refractivity contribution in [2.75, 3.05) is 13.2 Å². The van der Waals surface area contributed by atoms with Crippen LogP contribution in [0, 0.1) is 23.1 Å². The molecule has 0 saturated carbocycles. The lowest BCUT2D eigenvalue weighted by atomic mass is 9.91. The van der Waals surface area contributed by atoms with Crippen LogP contribution in [0.5, 0.6) is 5.75 Å². The van der Waals surface area contributed by atoms with Gasteiger partial charge in [0.15, 0.2) is 0 Å². The fraction of sp³-hybridized carbons (Fsp3) is 0.345. The van der Waals surface area contributed by atoms with Gasteiger partial charge < -0.3 is 15.2 Å². The van der Waals surface area contributed by atoms with Gasteiger partial charge >= 0.3 is 0 Å². The van der Waals surface area contributed by atoms with Gasteiger partial charge in [-0.15, -0.1) is 0 Å². The average molecular weight is 487 g/mol. The Hall–Kier alpha value is -3.76. The van der Waals surface area contributed by atoms with Crippen LogP contribution < -0.4 is 10.1 Å². The monoisotopic (exact) mass is 486 g/mol. The number of halogens is 1. The second kappa shape index (κ2) is 11.3. The average Bonchev–Trinajstić information content (AvgIpc) is 3.42. The summed E-state index contributed by atoms with van der Waals surface area (Å²) in [6, 6.07) is 5.30. The number of fused-ring (bicyclic) bond motifs is 1. The Balaban J connectivity index is 1.64. The molecule has 3 heterocycles. The van der Waals surface area contributed by atoms with Crippen LogP contribution >= 0.6 is 0 Å². The van der Waals surface area contributed by atoms with E-state index in [1.807, 2.05) is 26.8 Å². The third-order valence-electron chi connectivity index (χ3n) is 6.69. The molecule has 186 valence electrons. The summed E-state index contributed by atoms with van der Waals surface area (Å²) < 4.78 is 20.2. The Morgan fingerprint density at radius 3 is 2.94 bits per heavy atom. The van der Waals surface area contributed by atoms with Gasteiger partial charge in [-0.3, -0.25) is 4.99 Å². The molecule has 6 nitrogen and oxygen atoms in total. The Morgan fingerprint density at radius 1 is 1.36 bits per heavy atom. The summed E-state index contributed by atoms with van der Waals surface area (Å²) >= 11 is 0. The molecule has 4 rings (SSSR count). The summed E-state index contributed by atoms with van der Waals surface area (Å²) in [6.07, 6.45) is 11.5. The summed E-state index contributed by atoms with van der Waals surface area (Å²) in [5.41, 5.74) is 7.51. The number of nitrogens with zero attached hydrogens (tertiary/aromatic N) is 3. The minimum absolute atomic E-state index is 0.0182. The second-order valence-corrected chi connectivity index (χ2v) is 9.17. The lowest BCUT2D eigenvalue weighted by Crippen LogP contribution is -2.16. The topological polar surface area (TPSA) is 90.0 Å². The maximum atomic E-state index is 14.6. The van der Waals surface area contributed by atoms with Gasteiger partial charge in [0.1, 0.15) is 23.3 Å². The Bertz CT molecular complexity index is 1310. The van der Waals surface area contributed by atoms with Crippen molar-refractivity contribution in [1.29, 1.82) is 5.26 Å². The SMILES string of the molecule is CC(/C=C(/C1=CCC(CCO)=CN=C1)C1=NC(C#N)=CC1C)=C(/C)NCc1c(F)ccc2c1CCO2. The van der Waals surface area contributed by atoms with Crippen LogP contribution in [0.15, 0.2) is 80.2 Å². The van der Waals surface area contributed by atoms with E-state index in [9.17, 15) is 14.8 Å². The van der Waals surface area contributed by atoms with E-state index in [2.05, 4.69) is 33.5 Å². The van der Waals surface area contributed by atoms with E-state index in [1.165, 1.54) is 6.07 Å². The van der Waals surface area contributed by atoms with Gasteiger partial charge in [-0.2, -0.15) is 5.26 Å². The largest absolute Gasteiger partial charge is 0.493 e. The molecular weight excluding hydrogens is 455 g/mol. The number of aliphatic hydroxyl groups excluding tert-OH is 1. The summed E-state index contributed by atoms with van der Waals surface area (Å²) in [4.78, 5) is 9.04. The van der Waals surface area contributed by atoms with E-state index in [0.29, 0.717) is 43.7 Å². The van der Waals surface area contributed by atoms with Crippen molar-refractivity contribution < 1.29 is 14.2 Å². The first-order valence-electron chi connectivity index (χ1n) is 12.2. The molecule has 0 fully saturated rings. The number of hydrogen-bond acceptors (Lipinski definition) is 6. The molecule has 0 radical (unpaired) electrons. The van der Waals surface area contributed by atoms with E-state index >= 15 is 0 Å². The normalized spacial score (nSPS) is 19.8. The van der Waals surface area contributed by atoms with E-state index in [0.717, 1.165) is 45.0 Å². The predicted octanol–water partition coefficient (Wildman–Crippen LogP) is 5.24. The van der Waals surface area contributed by atoms with Gasteiger partial charge in [0.05, 0.1) is 12.3 Å². The molecule has 2 N–H and O–H groups in total. The van der Waals surface area contributed by atoms with Gasteiger partial charge in [0.2, 0.25) is 0 Å². The smallest absolute Gasteiger partial charge is 0.137 e. The van der Waals surface area contributed by atoms with Crippen LogP contribution in [0.2, 0.25) is 0 Å². The molecule has 1 aromatic rings. The maximum Gasteiger partial charge on any atom is 0.137 e. The number of aliphatic imine (C=N–C) groups is 2. The van der Waals surface area contributed by atoms with E-state index in [1.54, 1.807) is 18.5 Å². The highest BCUT2D eigenvalue weighted by Gasteiger charge is 2.23. The number of benzene rings is 1. The van der Waals surface area contributed by atoms with Crippen molar-refractivity contribution in [3.8, 4) is 11.8 Å². The lowest BCUT2D eigenvalue weighted by molar-refractivity contribution is 0.298. The molecule has 1 aromatic carbocycles. The van der Waals surface area contributed by atoms with Crippen molar-refractivity contribution in [2.24, 2.45) is 15.9 Å². The Kier molecular flexibility index (Phi) is 7.97. The molecule has 1 unspecified atom stereocenters. The fourth-order valence-electron chi connectivity index (χ4n) is 4.51. The summed E-state index contributed by atoms with van der Waals surface area (Å²) in [6.45, 7) is 7.01.